The van der Waals surface area contributed by atoms with E-state index in [4.69, 9.17) is 23.7 Å². The quantitative estimate of drug-likeness (QED) is 0.166. The average Bonchev–Trinajstić information content (AvgIpc) is 3.49. The van der Waals surface area contributed by atoms with E-state index in [1.165, 1.54) is 6.92 Å². The van der Waals surface area contributed by atoms with Crippen LogP contribution in [0.3, 0.4) is 0 Å². The second-order valence-electron chi connectivity index (χ2n) is 14.1. The summed E-state index contributed by atoms with van der Waals surface area (Å²) >= 11 is 0. The van der Waals surface area contributed by atoms with Crippen molar-refractivity contribution in [3.8, 4) is 0 Å². The first-order valence-corrected chi connectivity index (χ1v) is 16.1. The topological polar surface area (TPSA) is 164 Å². The lowest BCUT2D eigenvalue weighted by atomic mass is 9.68. The zero-order chi connectivity index (χ0) is 33.4. The van der Waals surface area contributed by atoms with Gasteiger partial charge in [-0.15, -0.1) is 6.58 Å². The largest absolute Gasteiger partial charge is 0.457 e. The molecule has 0 spiro atoms. The molecule has 0 aromatic heterocycles. The van der Waals surface area contributed by atoms with Gasteiger partial charge in [0.15, 0.2) is 12.4 Å². The van der Waals surface area contributed by atoms with Crippen LogP contribution < -0.4 is 0 Å². The van der Waals surface area contributed by atoms with Gasteiger partial charge >= 0.3 is 5.97 Å². The van der Waals surface area contributed by atoms with Crippen molar-refractivity contribution in [2.75, 3.05) is 26.9 Å². The van der Waals surface area contributed by atoms with Gasteiger partial charge in [0.25, 0.3) is 0 Å². The molecule has 11 heteroatoms. The molecule has 5 N–H and O–H groups in total. The first-order chi connectivity index (χ1) is 21.1. The molecular formula is C34H54O11. The third-order valence-corrected chi connectivity index (χ3v) is 10.6. The maximum atomic E-state index is 12.1. The number of ether oxygens (including phenoxy) is 5. The van der Waals surface area contributed by atoms with E-state index in [1.54, 1.807) is 27.0 Å². The van der Waals surface area contributed by atoms with Gasteiger partial charge < -0.3 is 49.2 Å². The summed E-state index contributed by atoms with van der Waals surface area (Å²) in [6.45, 7) is 14.6. The maximum Gasteiger partial charge on any atom is 0.303 e. The number of aliphatic hydroxyl groups excluding tert-OH is 5. The Morgan fingerprint density at radius 1 is 1.18 bits per heavy atom. The number of carbonyl (C=O) groups is 1. The van der Waals surface area contributed by atoms with Crippen molar-refractivity contribution >= 4 is 5.97 Å². The molecule has 0 amide bonds. The van der Waals surface area contributed by atoms with Gasteiger partial charge in [-0.25, -0.2) is 0 Å². The van der Waals surface area contributed by atoms with Crippen LogP contribution in [0.4, 0.5) is 0 Å². The summed E-state index contributed by atoms with van der Waals surface area (Å²) in [4.78, 5) is 11.9. The number of hydrogen-bond acceptors (Lipinski definition) is 11. The van der Waals surface area contributed by atoms with Crippen molar-refractivity contribution in [1.29, 1.82) is 0 Å². The van der Waals surface area contributed by atoms with E-state index in [2.05, 4.69) is 12.7 Å². The van der Waals surface area contributed by atoms with E-state index in [0.29, 0.717) is 12.2 Å². The van der Waals surface area contributed by atoms with Gasteiger partial charge in [-0.2, -0.15) is 0 Å². The predicted molar refractivity (Wildman–Crippen MR) is 165 cm³/mol. The lowest BCUT2D eigenvalue weighted by molar-refractivity contribution is -0.320. The molecule has 1 saturated carbocycles. The van der Waals surface area contributed by atoms with E-state index in [1.807, 2.05) is 20.8 Å². The second-order valence-corrected chi connectivity index (χ2v) is 14.1. The van der Waals surface area contributed by atoms with E-state index in [9.17, 15) is 30.3 Å². The molecule has 0 radical (unpaired) electrons. The number of aliphatic hydroxyl groups is 5. The van der Waals surface area contributed by atoms with E-state index < -0.39 is 66.0 Å². The van der Waals surface area contributed by atoms with Crippen molar-refractivity contribution in [3.63, 3.8) is 0 Å². The van der Waals surface area contributed by atoms with Gasteiger partial charge in [-0.1, -0.05) is 37.1 Å². The van der Waals surface area contributed by atoms with Crippen LogP contribution in [-0.4, -0.2) is 113 Å². The summed E-state index contributed by atoms with van der Waals surface area (Å²) in [6.07, 6.45) is -4.23. The highest BCUT2D eigenvalue weighted by atomic mass is 16.7. The summed E-state index contributed by atoms with van der Waals surface area (Å²) in [5.41, 5.74) is 0.841. The number of fused-ring (bicyclic) bond motifs is 2. The molecule has 4 rings (SSSR count). The smallest absolute Gasteiger partial charge is 0.303 e. The van der Waals surface area contributed by atoms with Gasteiger partial charge in [0.1, 0.15) is 24.4 Å². The van der Waals surface area contributed by atoms with Gasteiger partial charge in [0, 0.05) is 37.9 Å². The molecule has 1 heterocycles. The Kier molecular flexibility index (Phi) is 11.4. The Labute approximate surface area is 266 Å². The molecule has 2 fully saturated rings. The molecule has 4 aliphatic rings. The molecule has 0 aromatic rings. The first kappa shape index (κ1) is 36.2. The van der Waals surface area contributed by atoms with Gasteiger partial charge in [0.2, 0.25) is 0 Å². The summed E-state index contributed by atoms with van der Waals surface area (Å²) in [5.74, 6) is -1.13. The minimum Gasteiger partial charge on any atom is -0.457 e. The molecule has 45 heavy (non-hydrogen) atoms. The fraction of sp³-hybridized carbons (Fsp3) is 0.794. The van der Waals surface area contributed by atoms with E-state index in [-0.39, 0.29) is 43.3 Å². The minimum absolute atomic E-state index is 0.00885. The summed E-state index contributed by atoms with van der Waals surface area (Å²) < 4.78 is 29.6. The van der Waals surface area contributed by atoms with Gasteiger partial charge in [-0.05, 0) is 57.4 Å². The minimum atomic E-state index is -1.65. The fourth-order valence-electron chi connectivity index (χ4n) is 7.65. The highest BCUT2D eigenvalue weighted by molar-refractivity contribution is 5.66. The molecule has 0 aromatic carbocycles. The summed E-state index contributed by atoms with van der Waals surface area (Å²) in [5, 5.41) is 56.4. The molecule has 0 unspecified atom stereocenters. The lowest BCUT2D eigenvalue weighted by Crippen LogP contribution is -2.62. The molecule has 3 aliphatic carbocycles. The molecule has 1 aliphatic heterocycles. The zero-order valence-corrected chi connectivity index (χ0v) is 27.7. The van der Waals surface area contributed by atoms with Crippen molar-refractivity contribution in [3.05, 3.63) is 35.5 Å². The van der Waals surface area contributed by atoms with Crippen LogP contribution in [0.5, 0.6) is 0 Å². The third kappa shape index (κ3) is 7.12. The van der Waals surface area contributed by atoms with Crippen LogP contribution in [0.2, 0.25) is 0 Å². The van der Waals surface area contributed by atoms with Crippen LogP contribution in [-0.2, 0) is 28.5 Å². The zero-order valence-electron chi connectivity index (χ0n) is 27.7. The predicted octanol–water partition coefficient (Wildman–Crippen LogP) is 2.04. The van der Waals surface area contributed by atoms with Crippen molar-refractivity contribution < 1.29 is 54.0 Å². The lowest BCUT2D eigenvalue weighted by Gasteiger charge is -2.47. The number of methoxy groups -OCH3 is 1. The Morgan fingerprint density at radius 3 is 2.47 bits per heavy atom. The van der Waals surface area contributed by atoms with Crippen molar-refractivity contribution in [2.45, 2.75) is 115 Å². The van der Waals surface area contributed by atoms with Crippen molar-refractivity contribution in [1.82, 2.24) is 0 Å². The fourth-order valence-corrected chi connectivity index (χ4v) is 7.65. The van der Waals surface area contributed by atoms with Crippen LogP contribution in [0, 0.1) is 29.1 Å². The average molecular weight is 639 g/mol. The Hall–Kier alpha value is -1.67. The molecule has 11 nitrogen and oxygen atoms in total. The summed E-state index contributed by atoms with van der Waals surface area (Å²) in [7, 11) is 1.67. The number of carbonyl (C=O) groups excluding carboxylic acids is 1. The van der Waals surface area contributed by atoms with Gasteiger partial charge in [-0.3, -0.25) is 4.79 Å². The number of rotatable bonds is 11. The van der Waals surface area contributed by atoms with E-state index in [0.717, 1.165) is 24.0 Å². The maximum absolute atomic E-state index is 12.1. The highest BCUT2D eigenvalue weighted by Gasteiger charge is 2.55. The molecule has 256 valence electrons. The Bertz CT molecular complexity index is 1130. The SMILES string of the molecule is C=CC(C)(C)OC[C@@H]1O[C@@H](O[C@H]2C3=C([C@H](C)CO)C[C@H](O)[C@]3(C)/C=C3/[C@H](COC)CC[C@@H]3[C@H](C)[C@@H]2O)[C@H](O)[C@@H](O)[C@@H]1OC(C)=O. The number of hydrogen-bond donors (Lipinski definition) is 5. The second kappa shape index (κ2) is 14.2. The molecule has 13 atom stereocenters. The highest BCUT2D eigenvalue weighted by Crippen LogP contribution is 2.55. The third-order valence-electron chi connectivity index (χ3n) is 10.6. The van der Waals surface area contributed by atoms with Crippen LogP contribution in [0.15, 0.2) is 35.5 Å². The van der Waals surface area contributed by atoms with Crippen molar-refractivity contribution in [2.24, 2.45) is 29.1 Å². The van der Waals surface area contributed by atoms with Crippen LogP contribution in [0.1, 0.15) is 60.8 Å². The van der Waals surface area contributed by atoms with Crippen LogP contribution in [0.25, 0.3) is 0 Å². The molecule has 1 saturated heterocycles. The van der Waals surface area contributed by atoms with Crippen LogP contribution >= 0.6 is 0 Å². The normalized spacial score (nSPS) is 42.2. The standard InChI is InChI=1S/C34H54O11/c1-9-33(5,6)42-16-24-30(43-19(4)36)28(39)29(40)32(44-24)45-31-26-22(17(2)14-35)12-25(37)34(26,7)13-23-20(15-41-8)10-11-21(23)18(3)27(31)38/h9,13,17-18,20-21,24-25,27-32,35,37-40H,1,10-12,14-16H2,2-8H3/b23-13-/t17-,18+,20+,21-,24+,25+,27+,28-,29-,30-,31+,32+,34+/m1/s1. The van der Waals surface area contributed by atoms with Gasteiger partial charge in [0.05, 0.1) is 31.0 Å². The Morgan fingerprint density at radius 2 is 1.87 bits per heavy atom. The monoisotopic (exact) mass is 638 g/mol. The summed E-state index contributed by atoms with van der Waals surface area (Å²) in [6, 6.07) is 0. The van der Waals surface area contributed by atoms with E-state index >= 15 is 0 Å². The first-order valence-electron chi connectivity index (χ1n) is 16.1. The molecular weight excluding hydrogens is 584 g/mol. The number of esters is 1. The molecule has 0 bridgehead atoms. The Balaban J connectivity index is 1.78.